The molecule has 110 valence electrons. The highest BCUT2D eigenvalue weighted by atomic mass is 19.2. The van der Waals surface area contributed by atoms with Gasteiger partial charge in [0.15, 0.2) is 11.6 Å². The molecule has 0 spiro atoms. The van der Waals surface area contributed by atoms with Crippen molar-refractivity contribution in [1.29, 1.82) is 0 Å². The fourth-order valence-corrected chi connectivity index (χ4v) is 2.85. The highest BCUT2D eigenvalue weighted by molar-refractivity contribution is 5.91. The van der Waals surface area contributed by atoms with Gasteiger partial charge in [-0.2, -0.15) is 0 Å². The number of anilines is 1. The van der Waals surface area contributed by atoms with Crippen LogP contribution in [0.15, 0.2) is 18.2 Å². The quantitative estimate of drug-likeness (QED) is 0.890. The molecule has 1 aromatic rings. The Morgan fingerprint density at radius 2 is 1.95 bits per heavy atom. The first-order chi connectivity index (χ1) is 9.56. The molecule has 0 aliphatic heterocycles. The second-order valence-electron chi connectivity index (χ2n) is 5.42. The average Bonchev–Trinajstić information content (AvgIpc) is 2.45. The zero-order valence-electron chi connectivity index (χ0n) is 11.6. The predicted molar refractivity (Wildman–Crippen MR) is 74.5 cm³/mol. The molecule has 1 aliphatic carbocycles. The van der Waals surface area contributed by atoms with Crippen molar-refractivity contribution in [1.82, 2.24) is 5.32 Å². The zero-order valence-corrected chi connectivity index (χ0v) is 11.6. The smallest absolute Gasteiger partial charge is 0.226 e. The van der Waals surface area contributed by atoms with Gasteiger partial charge in [-0.1, -0.05) is 25.3 Å². The molecular weight excluding hydrogens is 262 g/mol. The maximum absolute atomic E-state index is 13.5. The fourth-order valence-electron chi connectivity index (χ4n) is 2.85. The van der Waals surface area contributed by atoms with Crippen LogP contribution < -0.4 is 10.6 Å². The van der Waals surface area contributed by atoms with Crippen LogP contribution in [0.4, 0.5) is 14.5 Å². The molecule has 1 saturated carbocycles. The SMILES string of the molecule is CNC1(CC(=O)Nc2cccc(F)c2F)CCCCC1. The summed E-state index contributed by atoms with van der Waals surface area (Å²) in [5.41, 5.74) is -0.316. The van der Waals surface area contributed by atoms with Crippen LogP contribution in [0.5, 0.6) is 0 Å². The van der Waals surface area contributed by atoms with Gasteiger partial charge in [0.05, 0.1) is 5.69 Å². The summed E-state index contributed by atoms with van der Waals surface area (Å²) in [5.74, 6) is -2.25. The Morgan fingerprint density at radius 3 is 2.60 bits per heavy atom. The van der Waals surface area contributed by atoms with Crippen LogP contribution in [0, 0.1) is 11.6 Å². The third-order valence-electron chi connectivity index (χ3n) is 4.07. The molecule has 0 heterocycles. The number of carbonyl (C=O) groups excluding carboxylic acids is 1. The van der Waals surface area contributed by atoms with Crippen LogP contribution in [-0.2, 0) is 4.79 Å². The van der Waals surface area contributed by atoms with Crippen LogP contribution in [0.3, 0.4) is 0 Å². The molecule has 2 rings (SSSR count). The third kappa shape index (κ3) is 3.33. The number of hydrogen-bond acceptors (Lipinski definition) is 2. The molecule has 1 fully saturated rings. The Morgan fingerprint density at radius 1 is 1.25 bits per heavy atom. The van der Waals surface area contributed by atoms with Gasteiger partial charge in [-0.3, -0.25) is 4.79 Å². The van der Waals surface area contributed by atoms with Gasteiger partial charge < -0.3 is 10.6 Å². The minimum atomic E-state index is -1.01. The van der Waals surface area contributed by atoms with Gasteiger partial charge in [-0.05, 0) is 32.0 Å². The fraction of sp³-hybridized carbons (Fsp3) is 0.533. The topological polar surface area (TPSA) is 41.1 Å². The highest BCUT2D eigenvalue weighted by Crippen LogP contribution is 2.31. The molecular formula is C15H20F2N2O. The van der Waals surface area contributed by atoms with Gasteiger partial charge >= 0.3 is 0 Å². The number of benzene rings is 1. The van der Waals surface area contributed by atoms with Crippen LogP contribution >= 0.6 is 0 Å². The van der Waals surface area contributed by atoms with Crippen molar-refractivity contribution < 1.29 is 13.6 Å². The minimum absolute atomic E-state index is 0.0999. The van der Waals surface area contributed by atoms with Crippen molar-refractivity contribution in [2.45, 2.75) is 44.1 Å². The molecule has 2 N–H and O–H groups in total. The Hall–Kier alpha value is -1.49. The second kappa shape index (κ2) is 6.31. The van der Waals surface area contributed by atoms with Gasteiger partial charge in [0.1, 0.15) is 0 Å². The minimum Gasteiger partial charge on any atom is -0.323 e. The molecule has 0 aromatic heterocycles. The Labute approximate surface area is 117 Å². The summed E-state index contributed by atoms with van der Waals surface area (Å²) in [6.07, 6.45) is 5.50. The zero-order chi connectivity index (χ0) is 14.6. The van der Waals surface area contributed by atoms with E-state index in [0.29, 0.717) is 0 Å². The summed E-state index contributed by atoms with van der Waals surface area (Å²) in [7, 11) is 1.85. The van der Waals surface area contributed by atoms with Crippen LogP contribution in [0.25, 0.3) is 0 Å². The average molecular weight is 282 g/mol. The van der Waals surface area contributed by atoms with Crippen molar-refractivity contribution in [2.24, 2.45) is 0 Å². The lowest BCUT2D eigenvalue weighted by Crippen LogP contribution is -2.47. The molecule has 1 amide bonds. The van der Waals surface area contributed by atoms with Crippen LogP contribution in [-0.4, -0.2) is 18.5 Å². The number of rotatable bonds is 4. The molecule has 0 radical (unpaired) electrons. The van der Waals surface area contributed by atoms with Gasteiger partial charge in [0.2, 0.25) is 5.91 Å². The van der Waals surface area contributed by atoms with E-state index >= 15 is 0 Å². The largest absolute Gasteiger partial charge is 0.323 e. The number of halogens is 2. The first kappa shape index (κ1) is 14.9. The molecule has 1 aromatic carbocycles. The van der Waals surface area contributed by atoms with Gasteiger partial charge in [-0.25, -0.2) is 8.78 Å². The van der Waals surface area contributed by atoms with Gasteiger partial charge in [-0.15, -0.1) is 0 Å². The van der Waals surface area contributed by atoms with Crippen molar-refractivity contribution in [3.05, 3.63) is 29.8 Å². The van der Waals surface area contributed by atoms with Crippen molar-refractivity contribution in [2.75, 3.05) is 12.4 Å². The van der Waals surface area contributed by atoms with Crippen molar-refractivity contribution >= 4 is 11.6 Å². The third-order valence-corrected chi connectivity index (χ3v) is 4.07. The summed E-state index contributed by atoms with van der Waals surface area (Å²) >= 11 is 0. The number of carbonyl (C=O) groups is 1. The Kier molecular flexibility index (Phi) is 4.70. The standard InChI is InChI=1S/C15H20F2N2O/c1-18-15(8-3-2-4-9-15)10-13(20)19-12-7-5-6-11(16)14(12)17/h5-7,18H,2-4,8-10H2,1H3,(H,19,20). The molecule has 0 atom stereocenters. The van der Waals surface area contributed by atoms with E-state index < -0.39 is 11.6 Å². The molecule has 0 saturated heterocycles. The van der Waals surface area contributed by atoms with E-state index in [-0.39, 0.29) is 23.6 Å². The number of amides is 1. The van der Waals surface area contributed by atoms with E-state index in [1.807, 2.05) is 7.05 Å². The molecule has 0 bridgehead atoms. The van der Waals surface area contributed by atoms with E-state index in [9.17, 15) is 13.6 Å². The lowest BCUT2D eigenvalue weighted by Gasteiger charge is -2.36. The summed E-state index contributed by atoms with van der Waals surface area (Å²) in [6.45, 7) is 0. The monoisotopic (exact) mass is 282 g/mol. The highest BCUT2D eigenvalue weighted by Gasteiger charge is 2.32. The van der Waals surface area contributed by atoms with E-state index in [0.717, 1.165) is 31.7 Å². The molecule has 5 heteroatoms. The molecule has 3 nitrogen and oxygen atoms in total. The number of hydrogen-bond donors (Lipinski definition) is 2. The first-order valence-electron chi connectivity index (χ1n) is 6.99. The van der Waals surface area contributed by atoms with E-state index in [2.05, 4.69) is 10.6 Å². The summed E-state index contributed by atoms with van der Waals surface area (Å²) in [5, 5.41) is 5.69. The summed E-state index contributed by atoms with van der Waals surface area (Å²) in [6, 6.07) is 3.77. The lowest BCUT2D eigenvalue weighted by atomic mass is 9.79. The number of nitrogens with one attached hydrogen (secondary N) is 2. The van der Waals surface area contributed by atoms with Crippen LogP contribution in [0.1, 0.15) is 38.5 Å². The maximum atomic E-state index is 13.5. The van der Waals surface area contributed by atoms with Crippen molar-refractivity contribution in [3.8, 4) is 0 Å². The Bertz CT molecular complexity index is 485. The molecule has 20 heavy (non-hydrogen) atoms. The molecule has 1 aliphatic rings. The van der Waals surface area contributed by atoms with Crippen molar-refractivity contribution in [3.63, 3.8) is 0 Å². The van der Waals surface area contributed by atoms with E-state index in [1.165, 1.54) is 18.6 Å². The summed E-state index contributed by atoms with van der Waals surface area (Å²) < 4.78 is 26.6. The second-order valence-corrected chi connectivity index (χ2v) is 5.42. The normalized spacial score (nSPS) is 17.8. The van der Waals surface area contributed by atoms with E-state index in [4.69, 9.17) is 0 Å². The predicted octanol–water partition coefficient (Wildman–Crippen LogP) is 3.22. The Balaban J connectivity index is 2.03. The van der Waals surface area contributed by atoms with Gasteiger partial charge in [0.25, 0.3) is 0 Å². The lowest BCUT2D eigenvalue weighted by molar-refractivity contribution is -0.118. The maximum Gasteiger partial charge on any atom is 0.226 e. The van der Waals surface area contributed by atoms with Crippen LogP contribution in [0.2, 0.25) is 0 Å². The first-order valence-corrected chi connectivity index (χ1v) is 6.99. The summed E-state index contributed by atoms with van der Waals surface area (Å²) in [4.78, 5) is 12.1. The van der Waals surface area contributed by atoms with Gasteiger partial charge in [0, 0.05) is 12.0 Å². The van der Waals surface area contributed by atoms with E-state index in [1.54, 1.807) is 0 Å². The molecule has 0 unspecified atom stereocenters.